The van der Waals surface area contributed by atoms with E-state index in [9.17, 15) is 9.59 Å². The van der Waals surface area contributed by atoms with Crippen molar-refractivity contribution in [2.75, 3.05) is 19.6 Å². The van der Waals surface area contributed by atoms with Gasteiger partial charge in [0, 0.05) is 40.7 Å². The highest BCUT2D eigenvalue weighted by molar-refractivity contribution is 5.91. The molecule has 0 aliphatic rings. The number of benzene rings is 2. The third-order valence-electron chi connectivity index (χ3n) is 7.56. The molecule has 2 aromatic carbocycles. The number of carbonyl (C=O) groups excluding carboxylic acids is 2. The summed E-state index contributed by atoms with van der Waals surface area (Å²) in [5.74, 6) is -0.383. The van der Waals surface area contributed by atoms with Crippen molar-refractivity contribution in [1.29, 1.82) is 0 Å². The number of amides is 2. The van der Waals surface area contributed by atoms with Crippen molar-refractivity contribution in [2.24, 2.45) is 5.73 Å². The normalized spacial score (nSPS) is 11.6. The van der Waals surface area contributed by atoms with Gasteiger partial charge in [-0.15, -0.1) is 12.4 Å². The zero-order valence-corrected chi connectivity index (χ0v) is 24.7. The van der Waals surface area contributed by atoms with Crippen LogP contribution in [-0.2, 0) is 16.0 Å². The fraction of sp³-hybridized carbons (Fsp3) is 0.438. The van der Waals surface area contributed by atoms with E-state index >= 15 is 0 Å². The number of carbonyl (C=O) groups is 2. The van der Waals surface area contributed by atoms with Gasteiger partial charge in [-0.05, 0) is 62.0 Å². The van der Waals surface area contributed by atoms with Gasteiger partial charge in [-0.3, -0.25) is 9.59 Å². The number of aromatic nitrogens is 2. The van der Waals surface area contributed by atoms with Gasteiger partial charge in [0.2, 0.25) is 11.8 Å². The molecular weight excluding hydrogens is 538 g/mol. The quantitative estimate of drug-likeness (QED) is 0.102. The summed E-state index contributed by atoms with van der Waals surface area (Å²) in [7, 11) is 0. The van der Waals surface area contributed by atoms with Crippen molar-refractivity contribution < 1.29 is 15.1 Å². The molecule has 8 nitrogen and oxygen atoms in total. The highest BCUT2D eigenvalue weighted by atomic mass is 35.5. The minimum Gasteiger partial charge on any atom is -0.412 e. The molecule has 8 N–H and O–H groups in total. The van der Waals surface area contributed by atoms with Gasteiger partial charge in [-0.1, -0.05) is 68.5 Å². The molecule has 224 valence electrons. The highest BCUT2D eigenvalue weighted by Gasteiger charge is 2.20. The lowest BCUT2D eigenvalue weighted by Crippen LogP contribution is -2.26. The number of hydrogen-bond donors (Lipinski definition) is 5. The molecule has 2 amide bonds. The average Bonchev–Trinajstić information content (AvgIpc) is 3.55. The molecule has 41 heavy (non-hydrogen) atoms. The van der Waals surface area contributed by atoms with Crippen LogP contribution in [0.15, 0.2) is 60.9 Å². The van der Waals surface area contributed by atoms with Gasteiger partial charge in [-0.25, -0.2) is 0 Å². The van der Waals surface area contributed by atoms with Crippen LogP contribution >= 0.6 is 12.4 Å². The fourth-order valence-corrected chi connectivity index (χ4v) is 5.38. The molecule has 0 aliphatic carbocycles. The zero-order valence-electron chi connectivity index (χ0n) is 23.8. The van der Waals surface area contributed by atoms with Gasteiger partial charge in [-0.2, -0.15) is 0 Å². The van der Waals surface area contributed by atoms with E-state index in [-0.39, 0.29) is 35.6 Å². The Morgan fingerprint density at radius 2 is 1.29 bits per heavy atom. The van der Waals surface area contributed by atoms with Crippen LogP contribution in [0.3, 0.4) is 0 Å². The number of para-hydroxylation sites is 2. The summed E-state index contributed by atoms with van der Waals surface area (Å²) in [5.41, 5.74) is 9.93. The summed E-state index contributed by atoms with van der Waals surface area (Å²) in [5, 5.41) is 8.82. The first-order chi connectivity index (χ1) is 19.1. The van der Waals surface area contributed by atoms with E-state index in [0.29, 0.717) is 6.42 Å². The Hall–Kier alpha value is -3.33. The first-order valence-electron chi connectivity index (χ1n) is 14.5. The van der Waals surface area contributed by atoms with Crippen molar-refractivity contribution in [1.82, 2.24) is 20.6 Å². The van der Waals surface area contributed by atoms with E-state index in [1.54, 1.807) is 0 Å². The van der Waals surface area contributed by atoms with Crippen LogP contribution in [0.25, 0.3) is 21.8 Å². The minimum absolute atomic E-state index is 0. The molecule has 4 rings (SSSR count). The van der Waals surface area contributed by atoms with Crippen LogP contribution in [0.1, 0.15) is 74.8 Å². The second-order valence-electron chi connectivity index (χ2n) is 10.5. The molecule has 0 bridgehead atoms. The van der Waals surface area contributed by atoms with Crippen molar-refractivity contribution in [3.63, 3.8) is 0 Å². The summed E-state index contributed by atoms with van der Waals surface area (Å²) in [6.45, 7) is 2.81. The van der Waals surface area contributed by atoms with Gasteiger partial charge in [0.1, 0.15) is 0 Å². The van der Waals surface area contributed by atoms with Gasteiger partial charge >= 0.3 is 0 Å². The molecule has 0 aliphatic heterocycles. The lowest BCUT2D eigenvalue weighted by atomic mass is 9.92. The Kier molecular flexibility index (Phi) is 15.0. The van der Waals surface area contributed by atoms with E-state index in [0.717, 1.165) is 104 Å². The van der Waals surface area contributed by atoms with Crippen molar-refractivity contribution >= 4 is 46.0 Å². The Morgan fingerprint density at radius 3 is 1.98 bits per heavy atom. The molecular formula is C32H46ClN5O3. The Labute approximate surface area is 249 Å². The van der Waals surface area contributed by atoms with E-state index in [1.807, 2.05) is 54.9 Å². The summed E-state index contributed by atoms with van der Waals surface area (Å²) in [6, 6.07) is 16.1. The lowest BCUT2D eigenvalue weighted by Gasteiger charge is -2.13. The number of H-pyrrole nitrogens is 2. The predicted molar refractivity (Wildman–Crippen MR) is 171 cm³/mol. The van der Waals surface area contributed by atoms with E-state index in [2.05, 4.69) is 26.7 Å². The SMILES string of the molecule is Cl.NC(=O)C(CCCCCCNCCCCCCNC(=O)Cc1c[nH]c2ccccc12)c1c[nH]c2ccccc12.O. The van der Waals surface area contributed by atoms with Crippen LogP contribution < -0.4 is 16.4 Å². The molecule has 9 heteroatoms. The van der Waals surface area contributed by atoms with Crippen molar-refractivity contribution in [3.8, 4) is 0 Å². The van der Waals surface area contributed by atoms with E-state index < -0.39 is 0 Å². The Bertz CT molecular complexity index is 1340. The standard InChI is InChI=1S/C32H43N5O2.ClH.H2O/c33-32(39)27(28-23-37-30-17-9-7-14-26(28)30)15-5-1-2-10-18-34-19-11-3-4-12-20-35-31(38)21-24-22-36-29-16-8-6-13-25(24)29;;/h6-9,13-14,16-17,22-23,27,34,36-37H,1-5,10-12,15,18-21H2,(H2,33,39)(H,35,38);1H;1H2. The predicted octanol–water partition coefficient (Wildman–Crippen LogP) is 5.27. The third-order valence-corrected chi connectivity index (χ3v) is 7.56. The first kappa shape index (κ1) is 33.9. The second-order valence-corrected chi connectivity index (χ2v) is 10.5. The summed E-state index contributed by atoms with van der Waals surface area (Å²) in [6.07, 6.45) is 14.0. The van der Waals surface area contributed by atoms with Gasteiger partial charge < -0.3 is 31.8 Å². The van der Waals surface area contributed by atoms with Crippen LogP contribution in [0.5, 0.6) is 0 Å². The van der Waals surface area contributed by atoms with Gasteiger partial charge in [0.05, 0.1) is 12.3 Å². The topological polar surface area (TPSA) is 147 Å². The van der Waals surface area contributed by atoms with Crippen molar-refractivity contribution in [3.05, 3.63) is 72.1 Å². The largest absolute Gasteiger partial charge is 0.412 e. The van der Waals surface area contributed by atoms with Gasteiger partial charge in [0.25, 0.3) is 0 Å². The molecule has 0 fully saturated rings. The summed E-state index contributed by atoms with van der Waals surface area (Å²) in [4.78, 5) is 30.8. The Morgan fingerprint density at radius 1 is 0.732 bits per heavy atom. The number of halogens is 1. The number of fused-ring (bicyclic) bond motifs is 2. The van der Waals surface area contributed by atoms with Crippen LogP contribution in [0.4, 0.5) is 0 Å². The zero-order chi connectivity index (χ0) is 27.3. The number of nitrogens with two attached hydrogens (primary N) is 1. The monoisotopic (exact) mass is 583 g/mol. The van der Waals surface area contributed by atoms with Crippen LogP contribution in [-0.4, -0.2) is 46.9 Å². The van der Waals surface area contributed by atoms with Gasteiger partial charge in [0.15, 0.2) is 0 Å². The molecule has 0 saturated heterocycles. The molecule has 0 spiro atoms. The average molecular weight is 584 g/mol. The second kappa shape index (κ2) is 18.2. The number of unbranched alkanes of at least 4 members (excludes halogenated alkanes) is 6. The fourth-order valence-electron chi connectivity index (χ4n) is 5.38. The Balaban J connectivity index is 0.00000294. The maximum absolute atomic E-state index is 12.3. The summed E-state index contributed by atoms with van der Waals surface area (Å²) < 4.78 is 0. The molecule has 4 aromatic rings. The van der Waals surface area contributed by atoms with Crippen LogP contribution in [0.2, 0.25) is 0 Å². The van der Waals surface area contributed by atoms with Crippen molar-refractivity contribution in [2.45, 2.75) is 70.1 Å². The minimum atomic E-state index is -0.241. The lowest BCUT2D eigenvalue weighted by molar-refractivity contribution is -0.120. The first-order valence-corrected chi connectivity index (χ1v) is 14.5. The number of primary amides is 1. The number of hydrogen-bond acceptors (Lipinski definition) is 3. The highest BCUT2D eigenvalue weighted by Crippen LogP contribution is 2.29. The molecule has 1 unspecified atom stereocenters. The smallest absolute Gasteiger partial charge is 0.225 e. The number of aromatic amines is 2. The third kappa shape index (κ3) is 10.2. The van der Waals surface area contributed by atoms with Crippen LogP contribution in [0, 0.1) is 0 Å². The molecule has 2 aromatic heterocycles. The number of rotatable bonds is 18. The molecule has 1 atom stereocenters. The number of nitrogens with one attached hydrogen (secondary N) is 4. The molecule has 0 saturated carbocycles. The van der Waals surface area contributed by atoms with E-state index in [1.165, 1.54) is 6.42 Å². The molecule has 2 heterocycles. The maximum atomic E-state index is 12.3. The maximum Gasteiger partial charge on any atom is 0.225 e. The summed E-state index contributed by atoms with van der Waals surface area (Å²) >= 11 is 0. The molecule has 0 radical (unpaired) electrons. The van der Waals surface area contributed by atoms with E-state index in [4.69, 9.17) is 5.73 Å².